The summed E-state index contributed by atoms with van der Waals surface area (Å²) in [4.78, 5) is 22.7. The molecule has 0 radical (unpaired) electrons. The molecule has 0 fully saturated rings. The summed E-state index contributed by atoms with van der Waals surface area (Å²) < 4.78 is 0.988. The first-order chi connectivity index (χ1) is 9.19. The number of nitrogens with one attached hydrogen (secondary N) is 1. The van der Waals surface area contributed by atoms with E-state index in [2.05, 4.69) is 21.2 Å². The van der Waals surface area contributed by atoms with Gasteiger partial charge in [0.1, 0.15) is 0 Å². The summed E-state index contributed by atoms with van der Waals surface area (Å²) in [7, 11) is 0. The molecule has 1 aromatic rings. The number of aliphatic carboxylic acids is 1. The zero-order valence-corrected chi connectivity index (χ0v) is 13.5. The maximum absolute atomic E-state index is 12.0. The Hall–Kier alpha value is -1.36. The van der Waals surface area contributed by atoms with Gasteiger partial charge in [-0.25, -0.2) is 0 Å². The number of carboxylic acid groups (broad SMARTS) is 1. The van der Waals surface area contributed by atoms with Gasteiger partial charge < -0.3 is 10.4 Å². The zero-order valence-electron chi connectivity index (χ0n) is 11.9. The third-order valence-electron chi connectivity index (χ3n) is 3.02. The van der Waals surface area contributed by atoms with Crippen molar-refractivity contribution in [1.29, 1.82) is 0 Å². The molecule has 0 aliphatic carbocycles. The highest BCUT2D eigenvalue weighted by atomic mass is 79.9. The molecular weight excluding hydrogens is 322 g/mol. The minimum absolute atomic E-state index is 0.0207. The molecule has 1 unspecified atom stereocenters. The summed E-state index contributed by atoms with van der Waals surface area (Å²) in [6.45, 7) is 5.47. The molecular formula is C15H20BrNO3. The number of hydrogen-bond donors (Lipinski definition) is 2. The minimum atomic E-state index is -0.885. The Bertz CT molecular complexity index is 482. The highest BCUT2D eigenvalue weighted by Crippen LogP contribution is 2.25. The maximum Gasteiger partial charge on any atom is 0.303 e. The standard InChI is InChI=1S/C15H20BrNO3/c1-10(11-4-6-12(16)7-5-11)17-13(18)8-15(2,3)9-14(19)20/h4-7,10H,8-9H2,1-3H3,(H,17,18)(H,19,20). The maximum atomic E-state index is 12.0. The van der Waals surface area contributed by atoms with Gasteiger partial charge in [-0.3, -0.25) is 9.59 Å². The van der Waals surface area contributed by atoms with E-state index in [4.69, 9.17) is 5.11 Å². The van der Waals surface area contributed by atoms with E-state index in [0.717, 1.165) is 10.0 Å². The summed E-state index contributed by atoms with van der Waals surface area (Å²) >= 11 is 3.37. The Labute approximate surface area is 127 Å². The van der Waals surface area contributed by atoms with Gasteiger partial charge in [0.2, 0.25) is 5.91 Å². The van der Waals surface area contributed by atoms with Gasteiger partial charge in [-0.2, -0.15) is 0 Å². The molecule has 0 spiro atoms. The number of halogens is 1. The molecule has 1 amide bonds. The van der Waals surface area contributed by atoms with E-state index in [1.54, 1.807) is 13.8 Å². The van der Waals surface area contributed by atoms with Crippen molar-refractivity contribution in [3.8, 4) is 0 Å². The molecule has 0 bridgehead atoms. The lowest BCUT2D eigenvalue weighted by Gasteiger charge is -2.23. The second-order valence-electron chi connectivity index (χ2n) is 5.75. The molecule has 0 aliphatic heterocycles. The second kappa shape index (κ2) is 6.88. The van der Waals surface area contributed by atoms with Crippen LogP contribution in [-0.2, 0) is 9.59 Å². The molecule has 1 aromatic carbocycles. The third kappa shape index (κ3) is 5.74. The van der Waals surface area contributed by atoms with Gasteiger partial charge in [0.25, 0.3) is 0 Å². The van der Waals surface area contributed by atoms with Gasteiger partial charge in [-0.1, -0.05) is 41.9 Å². The van der Waals surface area contributed by atoms with Crippen LogP contribution in [0.25, 0.3) is 0 Å². The minimum Gasteiger partial charge on any atom is -0.481 e. The number of carboxylic acids is 1. The van der Waals surface area contributed by atoms with E-state index >= 15 is 0 Å². The van der Waals surface area contributed by atoms with Gasteiger partial charge >= 0.3 is 5.97 Å². The van der Waals surface area contributed by atoms with Crippen LogP contribution in [0.3, 0.4) is 0 Å². The largest absolute Gasteiger partial charge is 0.481 e. The number of hydrogen-bond acceptors (Lipinski definition) is 2. The highest BCUT2D eigenvalue weighted by Gasteiger charge is 2.25. The van der Waals surface area contributed by atoms with Crippen LogP contribution < -0.4 is 5.32 Å². The van der Waals surface area contributed by atoms with Gasteiger partial charge in [0, 0.05) is 10.9 Å². The normalized spacial score (nSPS) is 12.8. The summed E-state index contributed by atoms with van der Waals surface area (Å²) in [6.07, 6.45) is 0.174. The molecule has 0 aromatic heterocycles. The number of carbonyl (C=O) groups excluding carboxylic acids is 1. The Morgan fingerprint density at radius 3 is 2.30 bits per heavy atom. The van der Waals surface area contributed by atoms with Crippen LogP contribution in [0.15, 0.2) is 28.7 Å². The first-order valence-corrected chi connectivity index (χ1v) is 7.25. The lowest BCUT2D eigenvalue weighted by molar-refractivity contribution is -0.139. The van der Waals surface area contributed by atoms with E-state index in [1.165, 1.54) is 0 Å². The molecule has 20 heavy (non-hydrogen) atoms. The molecule has 0 heterocycles. The lowest BCUT2D eigenvalue weighted by Crippen LogP contribution is -2.31. The van der Waals surface area contributed by atoms with Crippen molar-refractivity contribution in [1.82, 2.24) is 5.32 Å². The molecule has 2 N–H and O–H groups in total. The molecule has 110 valence electrons. The summed E-state index contributed by atoms with van der Waals surface area (Å²) in [5, 5.41) is 11.7. The molecule has 1 atom stereocenters. The highest BCUT2D eigenvalue weighted by molar-refractivity contribution is 9.10. The van der Waals surface area contributed by atoms with Gasteiger partial charge in [-0.05, 0) is 30.0 Å². The van der Waals surface area contributed by atoms with Crippen LogP contribution in [0.1, 0.15) is 45.2 Å². The average molecular weight is 342 g/mol. The predicted molar refractivity (Wildman–Crippen MR) is 81.4 cm³/mol. The van der Waals surface area contributed by atoms with Crippen molar-refractivity contribution in [2.75, 3.05) is 0 Å². The first-order valence-electron chi connectivity index (χ1n) is 6.46. The van der Waals surface area contributed by atoms with E-state index < -0.39 is 11.4 Å². The van der Waals surface area contributed by atoms with Crippen molar-refractivity contribution in [2.24, 2.45) is 5.41 Å². The van der Waals surface area contributed by atoms with Crippen LogP contribution in [0.2, 0.25) is 0 Å². The van der Waals surface area contributed by atoms with Crippen LogP contribution in [0.5, 0.6) is 0 Å². The Kier molecular flexibility index (Phi) is 5.74. The predicted octanol–water partition coefficient (Wildman–Crippen LogP) is 3.52. The van der Waals surface area contributed by atoms with Crippen LogP contribution >= 0.6 is 15.9 Å². The van der Waals surface area contributed by atoms with Crippen molar-refractivity contribution in [2.45, 2.75) is 39.7 Å². The van der Waals surface area contributed by atoms with E-state index in [-0.39, 0.29) is 24.8 Å². The van der Waals surface area contributed by atoms with Crippen LogP contribution in [0.4, 0.5) is 0 Å². The second-order valence-corrected chi connectivity index (χ2v) is 6.67. The number of benzene rings is 1. The number of rotatable bonds is 6. The Morgan fingerprint density at radius 2 is 1.80 bits per heavy atom. The van der Waals surface area contributed by atoms with Gasteiger partial charge in [0.15, 0.2) is 0 Å². The Balaban J connectivity index is 2.57. The summed E-state index contributed by atoms with van der Waals surface area (Å²) in [5.41, 5.74) is 0.465. The van der Waals surface area contributed by atoms with Crippen molar-refractivity contribution >= 4 is 27.8 Å². The van der Waals surface area contributed by atoms with E-state index in [9.17, 15) is 9.59 Å². The van der Waals surface area contributed by atoms with E-state index in [1.807, 2.05) is 31.2 Å². The Morgan fingerprint density at radius 1 is 1.25 bits per heavy atom. The third-order valence-corrected chi connectivity index (χ3v) is 3.55. The molecule has 0 aliphatic rings. The van der Waals surface area contributed by atoms with Gasteiger partial charge in [-0.15, -0.1) is 0 Å². The van der Waals surface area contributed by atoms with Crippen molar-refractivity contribution in [3.05, 3.63) is 34.3 Å². The lowest BCUT2D eigenvalue weighted by atomic mass is 9.85. The van der Waals surface area contributed by atoms with Crippen molar-refractivity contribution in [3.63, 3.8) is 0 Å². The van der Waals surface area contributed by atoms with Gasteiger partial charge in [0.05, 0.1) is 12.5 Å². The average Bonchev–Trinajstić information content (AvgIpc) is 2.26. The van der Waals surface area contributed by atoms with Crippen LogP contribution in [-0.4, -0.2) is 17.0 Å². The number of amides is 1. The van der Waals surface area contributed by atoms with Crippen LogP contribution in [0, 0.1) is 5.41 Å². The monoisotopic (exact) mass is 341 g/mol. The smallest absolute Gasteiger partial charge is 0.303 e. The summed E-state index contributed by atoms with van der Waals surface area (Å²) in [6, 6.07) is 7.63. The SMILES string of the molecule is CC(NC(=O)CC(C)(C)CC(=O)O)c1ccc(Br)cc1. The molecule has 5 heteroatoms. The quantitative estimate of drug-likeness (QED) is 0.831. The molecule has 0 saturated carbocycles. The molecule has 0 saturated heterocycles. The topological polar surface area (TPSA) is 66.4 Å². The zero-order chi connectivity index (χ0) is 15.3. The summed E-state index contributed by atoms with van der Waals surface area (Å²) in [5.74, 6) is -1.02. The number of carbonyl (C=O) groups is 2. The fourth-order valence-electron chi connectivity index (χ4n) is 2.03. The first kappa shape index (κ1) is 16.7. The fourth-order valence-corrected chi connectivity index (χ4v) is 2.30. The van der Waals surface area contributed by atoms with E-state index in [0.29, 0.717) is 0 Å². The van der Waals surface area contributed by atoms with Crippen molar-refractivity contribution < 1.29 is 14.7 Å². The molecule has 4 nitrogen and oxygen atoms in total. The molecule has 1 rings (SSSR count). The fraction of sp³-hybridized carbons (Fsp3) is 0.467.